The molecule has 146 valence electrons. The molecule has 5 rings (SSSR count). The van der Waals surface area contributed by atoms with E-state index in [1.54, 1.807) is 6.20 Å². The first-order chi connectivity index (χ1) is 12.6. The summed E-state index contributed by atoms with van der Waals surface area (Å²) >= 11 is 0. The molecule has 3 saturated carbocycles. The average Bonchev–Trinajstić information content (AvgIpc) is 2.90. The van der Waals surface area contributed by atoms with Gasteiger partial charge < -0.3 is 10.5 Å². The highest BCUT2D eigenvalue weighted by Crippen LogP contribution is 2.61. The predicted octanol–water partition coefficient (Wildman–Crippen LogP) is 4.20. The van der Waals surface area contributed by atoms with Gasteiger partial charge in [-0.15, -0.1) is 0 Å². The number of hydrogen-bond acceptors (Lipinski definition) is 4. The van der Waals surface area contributed by atoms with E-state index < -0.39 is 11.7 Å². The van der Waals surface area contributed by atoms with E-state index >= 15 is 0 Å². The van der Waals surface area contributed by atoms with Gasteiger partial charge in [0.1, 0.15) is 5.60 Å². The molecule has 0 aliphatic heterocycles. The van der Waals surface area contributed by atoms with Crippen LogP contribution in [-0.2, 0) is 11.3 Å². The van der Waals surface area contributed by atoms with Crippen LogP contribution in [0.25, 0.3) is 10.9 Å². The van der Waals surface area contributed by atoms with Crippen LogP contribution in [0.3, 0.4) is 0 Å². The molecule has 2 N–H and O–H groups in total. The molecule has 0 aromatic carbocycles. The largest absolute Gasteiger partial charge is 0.443 e. The minimum atomic E-state index is -0.639. The van der Waals surface area contributed by atoms with Crippen molar-refractivity contribution >= 4 is 17.0 Å². The van der Waals surface area contributed by atoms with E-state index in [2.05, 4.69) is 37.4 Å². The number of carbonyl (C=O) groups is 1. The summed E-state index contributed by atoms with van der Waals surface area (Å²) in [5, 5.41) is 5.97. The fourth-order valence-electron chi connectivity index (χ4n) is 5.64. The van der Waals surface area contributed by atoms with Gasteiger partial charge in [-0.1, -0.05) is 20.8 Å². The minimum absolute atomic E-state index is 0.0509. The molecule has 2 aromatic heterocycles. The Labute approximate surface area is 160 Å². The zero-order valence-electron chi connectivity index (χ0n) is 16.8. The number of fused-ring (bicyclic) bond motifs is 4. The number of rotatable bonds is 3. The molecule has 2 aromatic rings. The molecule has 1 atom stereocenters. The van der Waals surface area contributed by atoms with Crippen molar-refractivity contribution in [3.8, 4) is 0 Å². The second-order valence-corrected chi connectivity index (χ2v) is 9.74. The lowest BCUT2D eigenvalue weighted by Crippen LogP contribution is -2.59. The van der Waals surface area contributed by atoms with E-state index in [0.717, 1.165) is 49.6 Å². The van der Waals surface area contributed by atoms with E-state index in [-0.39, 0.29) is 10.8 Å². The van der Waals surface area contributed by atoms with Gasteiger partial charge in [0, 0.05) is 35.9 Å². The lowest BCUT2D eigenvalue weighted by molar-refractivity contribution is -0.172. The first kappa shape index (κ1) is 18.3. The molecule has 27 heavy (non-hydrogen) atoms. The van der Waals surface area contributed by atoms with Crippen molar-refractivity contribution in [2.24, 2.45) is 22.5 Å². The van der Waals surface area contributed by atoms with Crippen molar-refractivity contribution in [1.82, 2.24) is 14.8 Å². The van der Waals surface area contributed by atoms with Gasteiger partial charge in [0.2, 0.25) is 0 Å². The van der Waals surface area contributed by atoms with Gasteiger partial charge >= 0.3 is 6.09 Å². The third-order valence-electron chi connectivity index (χ3n) is 7.07. The lowest BCUT2D eigenvalue weighted by Gasteiger charge is -2.60. The average molecular weight is 370 g/mol. The van der Waals surface area contributed by atoms with Crippen LogP contribution < -0.4 is 5.73 Å². The standard InChI is InChI=1S/C21H30N4O2/c1-14-15-12-23-10-5-16(15)24-25(14)13-20-6-8-21(9-7-20,27-18(22)26)17(11-20)19(2,3)4/h5,10,12,17H,6-9,11,13H2,1-4H3,(H2,22,26). The zero-order valence-corrected chi connectivity index (χ0v) is 16.8. The van der Waals surface area contributed by atoms with Crippen LogP contribution in [0.4, 0.5) is 4.79 Å². The van der Waals surface area contributed by atoms with Gasteiger partial charge in [0.25, 0.3) is 0 Å². The maximum atomic E-state index is 11.6. The molecule has 3 aliphatic rings. The highest BCUT2D eigenvalue weighted by Gasteiger charge is 2.59. The number of ether oxygens (including phenoxy) is 1. The third-order valence-corrected chi connectivity index (χ3v) is 7.07. The second kappa shape index (κ2) is 5.94. The number of aryl methyl sites for hydroxylation is 1. The van der Waals surface area contributed by atoms with Crippen LogP contribution in [0.15, 0.2) is 18.5 Å². The van der Waals surface area contributed by atoms with E-state index in [1.165, 1.54) is 5.69 Å². The molecule has 0 radical (unpaired) electrons. The maximum absolute atomic E-state index is 11.6. The summed E-state index contributed by atoms with van der Waals surface area (Å²) in [5.74, 6) is 0.298. The van der Waals surface area contributed by atoms with Gasteiger partial charge in [-0.05, 0) is 55.9 Å². The van der Waals surface area contributed by atoms with Crippen molar-refractivity contribution in [3.05, 3.63) is 24.2 Å². The van der Waals surface area contributed by atoms with Crippen molar-refractivity contribution in [2.45, 2.75) is 71.9 Å². The Morgan fingerprint density at radius 3 is 2.63 bits per heavy atom. The number of nitrogens with two attached hydrogens (primary N) is 1. The number of pyridine rings is 1. The Kier molecular flexibility index (Phi) is 4.02. The van der Waals surface area contributed by atoms with Gasteiger partial charge in [-0.2, -0.15) is 5.10 Å². The topological polar surface area (TPSA) is 83.0 Å². The fraction of sp³-hybridized carbons (Fsp3) is 0.667. The van der Waals surface area contributed by atoms with Crippen molar-refractivity contribution in [2.75, 3.05) is 0 Å². The summed E-state index contributed by atoms with van der Waals surface area (Å²) < 4.78 is 7.95. The quantitative estimate of drug-likeness (QED) is 0.878. The maximum Gasteiger partial charge on any atom is 0.405 e. The highest BCUT2D eigenvalue weighted by molar-refractivity contribution is 5.80. The van der Waals surface area contributed by atoms with Gasteiger partial charge in [0.05, 0.1) is 5.52 Å². The van der Waals surface area contributed by atoms with E-state index in [4.69, 9.17) is 15.6 Å². The Morgan fingerprint density at radius 1 is 1.33 bits per heavy atom. The Morgan fingerprint density at radius 2 is 2.04 bits per heavy atom. The van der Waals surface area contributed by atoms with E-state index in [9.17, 15) is 4.79 Å². The van der Waals surface area contributed by atoms with Gasteiger partial charge in [0.15, 0.2) is 0 Å². The Balaban J connectivity index is 1.66. The molecule has 1 amide bonds. The van der Waals surface area contributed by atoms with Crippen molar-refractivity contribution < 1.29 is 9.53 Å². The number of aromatic nitrogens is 3. The van der Waals surface area contributed by atoms with E-state index in [0.29, 0.717) is 5.92 Å². The van der Waals surface area contributed by atoms with Gasteiger partial charge in [-0.3, -0.25) is 9.67 Å². The molecule has 3 fully saturated rings. The SMILES string of the molecule is Cc1c2cnccc2nn1CC12CCC(OC(N)=O)(CC1)C(C(C)(C)C)C2. The number of primary amides is 1. The summed E-state index contributed by atoms with van der Waals surface area (Å²) in [6.45, 7) is 9.78. The molecule has 0 spiro atoms. The first-order valence-corrected chi connectivity index (χ1v) is 9.90. The van der Waals surface area contributed by atoms with Crippen LogP contribution in [0.1, 0.15) is 58.6 Å². The molecule has 0 saturated heterocycles. The van der Waals surface area contributed by atoms with Crippen LogP contribution in [0.2, 0.25) is 0 Å². The Hall–Kier alpha value is -2.11. The molecule has 2 bridgehead atoms. The summed E-state index contributed by atoms with van der Waals surface area (Å²) in [6, 6.07) is 1.97. The number of amides is 1. The van der Waals surface area contributed by atoms with Crippen LogP contribution in [0.5, 0.6) is 0 Å². The molecule has 1 unspecified atom stereocenters. The smallest absolute Gasteiger partial charge is 0.405 e. The Bertz CT molecular complexity index is 872. The number of hydrogen-bond donors (Lipinski definition) is 1. The molecule has 2 heterocycles. The van der Waals surface area contributed by atoms with Crippen LogP contribution >= 0.6 is 0 Å². The van der Waals surface area contributed by atoms with Crippen LogP contribution in [0, 0.1) is 23.7 Å². The minimum Gasteiger partial charge on any atom is -0.443 e. The number of nitrogens with zero attached hydrogens (tertiary/aromatic N) is 3. The first-order valence-electron chi connectivity index (χ1n) is 9.90. The summed E-state index contributed by atoms with van der Waals surface area (Å²) in [7, 11) is 0. The molecule has 6 heteroatoms. The normalized spacial score (nSPS) is 30.6. The highest BCUT2D eigenvalue weighted by atomic mass is 16.6. The van der Waals surface area contributed by atoms with Gasteiger partial charge in [-0.25, -0.2) is 4.79 Å². The summed E-state index contributed by atoms with van der Waals surface area (Å²) in [5.41, 5.74) is 7.47. The second-order valence-electron chi connectivity index (χ2n) is 9.74. The van der Waals surface area contributed by atoms with Crippen molar-refractivity contribution in [1.29, 1.82) is 0 Å². The van der Waals surface area contributed by atoms with E-state index in [1.807, 2.05) is 12.3 Å². The summed E-state index contributed by atoms with van der Waals surface area (Å²) in [4.78, 5) is 15.9. The monoisotopic (exact) mass is 370 g/mol. The third kappa shape index (κ3) is 2.99. The molecular weight excluding hydrogens is 340 g/mol. The fourth-order valence-corrected chi connectivity index (χ4v) is 5.64. The molecule has 3 aliphatic carbocycles. The number of carbonyl (C=O) groups excluding carboxylic acids is 1. The molecular formula is C21H30N4O2. The summed E-state index contributed by atoms with van der Waals surface area (Å²) in [6.07, 6.45) is 7.96. The van der Waals surface area contributed by atoms with Crippen molar-refractivity contribution in [3.63, 3.8) is 0 Å². The molecule has 6 nitrogen and oxygen atoms in total. The predicted molar refractivity (Wildman–Crippen MR) is 104 cm³/mol. The lowest BCUT2D eigenvalue weighted by atomic mass is 9.49. The van der Waals surface area contributed by atoms with Crippen LogP contribution in [-0.4, -0.2) is 26.5 Å². The zero-order chi connectivity index (χ0) is 19.4.